The van der Waals surface area contributed by atoms with Crippen molar-refractivity contribution in [2.45, 2.75) is 406 Å². The molecule has 0 bridgehead atoms. The van der Waals surface area contributed by atoms with Crippen LogP contribution in [-0.4, -0.2) is 4.40 Å². The van der Waals surface area contributed by atoms with E-state index in [4.69, 9.17) is 32.9 Å². The predicted molar refractivity (Wildman–Crippen MR) is 516 cm³/mol. The molecule has 3 aromatic rings. The first-order chi connectivity index (χ1) is 49.5. The van der Waals surface area contributed by atoms with Crippen molar-refractivity contribution in [2.75, 3.05) is 0 Å². The van der Waals surface area contributed by atoms with Gasteiger partial charge in [0.2, 0.25) is 0 Å². The Morgan fingerprint density at radius 3 is 0.633 bits per heavy atom. The molecule has 0 heterocycles. The van der Waals surface area contributed by atoms with Crippen molar-refractivity contribution in [3.05, 3.63) is 239 Å². The summed E-state index contributed by atoms with van der Waals surface area (Å²) in [5.41, 5.74) is 17.0. The molecule has 0 N–H and O–H groups in total. The maximum Gasteiger partial charge on any atom is 2.00 e. The van der Waals surface area contributed by atoms with Crippen LogP contribution in [0.3, 0.4) is 0 Å². The van der Waals surface area contributed by atoms with Gasteiger partial charge >= 0.3 is 193 Å². The van der Waals surface area contributed by atoms with Gasteiger partial charge < -0.3 is 122 Å². The van der Waals surface area contributed by atoms with Crippen molar-refractivity contribution < 1.29 is 146 Å². The third-order valence-electron chi connectivity index (χ3n) is 16.8. The minimum atomic E-state index is -0.0304. The van der Waals surface area contributed by atoms with Gasteiger partial charge in [-0.25, -0.2) is 0 Å². The van der Waals surface area contributed by atoms with Gasteiger partial charge in [-0.1, -0.05) is 405 Å². The zero-order valence-corrected chi connectivity index (χ0v) is 109. The quantitative estimate of drug-likeness (QED) is 0.170. The van der Waals surface area contributed by atoms with E-state index >= 15 is 0 Å². The summed E-state index contributed by atoms with van der Waals surface area (Å²) in [6, 6.07) is 26.7. The molecule has 0 aliphatic carbocycles. The van der Waals surface area contributed by atoms with E-state index < -0.39 is 0 Å². The number of benzene rings is 3. The Balaban J connectivity index is -0.000000109. The molecule has 120 heavy (non-hydrogen) atoms. The summed E-state index contributed by atoms with van der Waals surface area (Å²) in [5, 5.41) is 0. The van der Waals surface area contributed by atoms with E-state index in [1.54, 1.807) is 6.08 Å². The molecule has 0 aliphatic heterocycles. The summed E-state index contributed by atoms with van der Waals surface area (Å²) in [7, 11) is 0. The maximum atomic E-state index is 5.94. The minimum Gasteiger partial charge on any atom is -0.394 e. The van der Waals surface area contributed by atoms with Gasteiger partial charge in [0.1, 0.15) is 0 Å². The topological polar surface area (TPSA) is 0 Å². The molecule has 3 rings (SSSR count). The van der Waals surface area contributed by atoms with E-state index in [0.29, 0.717) is 0 Å². The SMILES string of the molecule is CC(C)(C)[C-]=C([CH]=[W])C(C)(C)C.CC(C)(C)[C-]=CC=[C-]C(C)(C)C.CC(C)(C)c1ccc(C(C)(C)C)cc1.CC(C)(C)c1cccc(C(C)(C)C)c1.CC(C)(C)c1ccccc1C(C)(C)C.[CH-]=C(C(=[CH-])C(C)(C)C)C(C)(C)C.[CH-]=C(C=[C-]C(C)(C)C)C(C)(C)C.[CH-]=C(C=[C-]C(C)(C)C)C(C)(C)C.[CH-]=CC(=[C-]C(C)(C)C)C(C)(C)C.[W+2].[W+2].[W+2].[W+2].[W+2].[W]. The summed E-state index contributed by atoms with van der Waals surface area (Å²) in [6.45, 7) is 146. The Bertz CT molecular complexity index is 3300. The summed E-state index contributed by atoms with van der Waals surface area (Å²) >= 11 is 1.51. The fourth-order valence-corrected chi connectivity index (χ4v) is 10.3. The van der Waals surface area contributed by atoms with Gasteiger partial charge in [0, 0.05) is 21.1 Å². The van der Waals surface area contributed by atoms with Crippen LogP contribution >= 0.6 is 0 Å². The molecule has 0 fully saturated rings. The van der Waals surface area contributed by atoms with E-state index in [2.05, 4.69) is 488 Å². The van der Waals surface area contributed by atoms with Crippen molar-refractivity contribution in [1.29, 1.82) is 0 Å². The Hall–Kier alpha value is -0.512. The van der Waals surface area contributed by atoms with Gasteiger partial charge in [-0.15, -0.1) is 54.1 Å². The van der Waals surface area contributed by atoms with Crippen LogP contribution in [0.25, 0.3) is 0 Å². The number of rotatable bonds is 6. The average molecular weight is 2830 g/mol. The van der Waals surface area contributed by atoms with Crippen LogP contribution in [0.15, 0.2) is 137 Å². The van der Waals surface area contributed by atoms with Crippen molar-refractivity contribution >= 4 is 4.40 Å². The van der Waals surface area contributed by atoms with Crippen molar-refractivity contribution in [3.8, 4) is 0 Å². The van der Waals surface area contributed by atoms with E-state index in [1.807, 2.05) is 24.3 Å². The summed E-state index contributed by atoms with van der Waals surface area (Å²) in [6.07, 6.45) is 29.3. The molecular formula is C113H185W7-. The van der Waals surface area contributed by atoms with Crippen LogP contribution in [0.5, 0.6) is 0 Å². The van der Waals surface area contributed by atoms with E-state index in [-0.39, 0.29) is 224 Å². The van der Waals surface area contributed by atoms with Crippen molar-refractivity contribution in [2.24, 2.45) is 65.0 Å². The summed E-state index contributed by atoms with van der Waals surface area (Å²) in [5.74, 6) is 0. The molecule has 0 atom stereocenters. The fourth-order valence-electron chi connectivity index (χ4n) is 8.81. The third kappa shape index (κ3) is 79.6. The van der Waals surface area contributed by atoms with E-state index in [1.165, 1.54) is 58.3 Å². The third-order valence-corrected chi connectivity index (χ3v) is 17.6. The minimum absolute atomic E-state index is 0. The first-order valence-electron chi connectivity index (χ1n) is 42.1. The molecule has 3 aromatic carbocycles. The maximum absolute atomic E-state index is 5.94. The Morgan fingerprint density at radius 1 is 0.267 bits per heavy atom. The zero-order chi connectivity index (χ0) is 92.9. The zero-order valence-electron chi connectivity index (χ0n) is 88.1. The molecule has 0 nitrogen and oxygen atoms in total. The van der Waals surface area contributed by atoms with Crippen molar-refractivity contribution in [1.82, 2.24) is 0 Å². The van der Waals surface area contributed by atoms with Crippen LogP contribution in [0.4, 0.5) is 0 Å². The second kappa shape index (κ2) is 58.3. The smallest absolute Gasteiger partial charge is 0.394 e. The molecule has 0 amide bonds. The van der Waals surface area contributed by atoms with Crippen LogP contribution in [-0.2, 0) is 178 Å². The molecule has 0 spiro atoms. The van der Waals surface area contributed by atoms with Crippen LogP contribution in [0.1, 0.15) is 407 Å². The van der Waals surface area contributed by atoms with Gasteiger partial charge in [0.15, 0.2) is 0 Å². The number of hydrogen-bond acceptors (Lipinski definition) is 0. The Morgan fingerprint density at radius 2 is 0.492 bits per heavy atom. The van der Waals surface area contributed by atoms with E-state index in [9.17, 15) is 0 Å². The molecule has 0 aliphatic rings. The standard InChI is InChI=1S/3C14H22.5C12H20.C11H19.7W/c1-13(2,3)11-7-9-12(10-8-11)14(4,5)6;1-13(2,3)11-8-7-9-12(10-11)14(4,5)6;1-13(2,3)11-9-7-8-10-12(11)14(4,5)6;2*1-10(12(5,6)7)8-9-11(2,3)4;1-9(11(3,4)5)10(2)12(6,7)8;1-11(2,3)9-7-8-10-12(4,5)6;1-8-10(12(5,6)7)9-11(2,3)4;1-9(11(5,6)7)8-10(2,3)4;;;;;;;/h3*7-10H,1-6H3;2*1,8H,2-7H3;1-2H,3-8H3;7-8H,1-6H3;1,8H,2-7H3;1H,2-7H3;;;;;;;/q;;;5*-2;-1;;;5*+2. The molecule has 0 saturated carbocycles. The van der Waals surface area contributed by atoms with Crippen LogP contribution in [0, 0.1) is 134 Å². The Labute approximate surface area is 851 Å². The van der Waals surface area contributed by atoms with Gasteiger partial charge in [-0.2, -0.15) is 0 Å². The Kier molecular flexibility index (Phi) is 70.5. The van der Waals surface area contributed by atoms with Crippen molar-refractivity contribution in [3.63, 3.8) is 0 Å². The first-order valence-corrected chi connectivity index (χ1v) is 43.8. The summed E-state index contributed by atoms with van der Waals surface area (Å²) in [4.78, 5) is 0. The molecular weight excluding hydrogens is 2640 g/mol. The number of hydrogen-bond donors (Lipinski definition) is 0. The van der Waals surface area contributed by atoms with Gasteiger partial charge in [0.05, 0.1) is 0 Å². The monoisotopic (exact) mass is 2830 g/mol. The largest absolute Gasteiger partial charge is 2.00 e. The fraction of sp³-hybridized carbons (Fsp3) is 0.637. The van der Waals surface area contributed by atoms with Crippen LogP contribution < -0.4 is 0 Å². The second-order valence-corrected chi connectivity index (χ2v) is 50.3. The molecule has 680 valence electrons. The molecule has 0 unspecified atom stereocenters. The molecule has 0 saturated heterocycles. The van der Waals surface area contributed by atoms with E-state index in [0.717, 1.165) is 27.9 Å². The first kappa shape index (κ1) is 145. The average Bonchev–Trinajstić information content (AvgIpc) is 0.813. The molecule has 0 radical (unpaired) electrons. The molecule has 7 heteroatoms. The number of allylic oxidation sites excluding steroid dienone is 17. The molecule has 0 aromatic heterocycles. The predicted octanol–water partition coefficient (Wildman–Crippen LogP) is 35.0. The second-order valence-electron chi connectivity index (χ2n) is 49.5. The van der Waals surface area contributed by atoms with Crippen LogP contribution in [0.2, 0.25) is 0 Å². The summed E-state index contributed by atoms with van der Waals surface area (Å²) < 4.78 is 2.24. The van der Waals surface area contributed by atoms with Gasteiger partial charge in [0.25, 0.3) is 0 Å². The normalized spacial score (nSPS) is 13.0. The van der Waals surface area contributed by atoms with Gasteiger partial charge in [-0.3, -0.25) is 0 Å². The van der Waals surface area contributed by atoms with Gasteiger partial charge in [-0.05, 0) is 65.9 Å².